The molecule has 5 heteroatoms. The lowest BCUT2D eigenvalue weighted by atomic mass is 10.1. The fourth-order valence-corrected chi connectivity index (χ4v) is 2.18. The standard InChI is InChI=1S/C16H12FNO3/c1-9-10-5-4-6-11(17)15(10)21-14(9)16(20)18-12-7-2-3-8-13(12)19/h2-8,19H,1H3,(H,18,20). The highest BCUT2D eigenvalue weighted by Gasteiger charge is 2.20. The number of phenols is 1. The van der Waals surface area contributed by atoms with Crippen LogP contribution in [0.25, 0.3) is 11.0 Å². The van der Waals surface area contributed by atoms with E-state index < -0.39 is 11.7 Å². The van der Waals surface area contributed by atoms with Crippen molar-refractivity contribution in [3.63, 3.8) is 0 Å². The molecule has 21 heavy (non-hydrogen) atoms. The summed E-state index contributed by atoms with van der Waals surface area (Å²) in [5.74, 6) is -1.08. The number of benzene rings is 2. The monoisotopic (exact) mass is 285 g/mol. The van der Waals surface area contributed by atoms with Crippen LogP contribution in [-0.4, -0.2) is 11.0 Å². The van der Waals surface area contributed by atoms with Crippen LogP contribution >= 0.6 is 0 Å². The maximum Gasteiger partial charge on any atom is 0.291 e. The van der Waals surface area contributed by atoms with E-state index in [0.29, 0.717) is 10.9 Å². The van der Waals surface area contributed by atoms with Crippen LogP contribution in [0.5, 0.6) is 5.75 Å². The zero-order chi connectivity index (χ0) is 15.0. The minimum absolute atomic E-state index is 0.0263. The smallest absolute Gasteiger partial charge is 0.291 e. The molecule has 0 bridgehead atoms. The highest BCUT2D eigenvalue weighted by atomic mass is 19.1. The molecule has 2 N–H and O–H groups in total. The number of aromatic hydroxyl groups is 1. The lowest BCUT2D eigenvalue weighted by Crippen LogP contribution is -2.12. The van der Waals surface area contributed by atoms with Crippen molar-refractivity contribution in [1.82, 2.24) is 0 Å². The molecule has 0 atom stereocenters. The van der Waals surface area contributed by atoms with Gasteiger partial charge in [-0.25, -0.2) is 4.39 Å². The third-order valence-electron chi connectivity index (χ3n) is 3.27. The minimum Gasteiger partial charge on any atom is -0.506 e. The molecule has 3 rings (SSSR count). The summed E-state index contributed by atoms with van der Waals surface area (Å²) in [4.78, 5) is 12.2. The third-order valence-corrected chi connectivity index (χ3v) is 3.27. The average Bonchev–Trinajstić information content (AvgIpc) is 2.81. The fourth-order valence-electron chi connectivity index (χ4n) is 2.18. The Morgan fingerprint density at radius 3 is 2.67 bits per heavy atom. The van der Waals surface area contributed by atoms with Crippen LogP contribution < -0.4 is 5.32 Å². The predicted octanol–water partition coefficient (Wildman–Crippen LogP) is 3.84. The van der Waals surface area contributed by atoms with E-state index in [-0.39, 0.29) is 22.8 Å². The molecule has 2 aromatic carbocycles. The van der Waals surface area contributed by atoms with Crippen molar-refractivity contribution in [3.8, 4) is 5.75 Å². The molecule has 1 aromatic heterocycles. The number of hydrogen-bond acceptors (Lipinski definition) is 3. The van der Waals surface area contributed by atoms with E-state index in [1.807, 2.05) is 0 Å². The van der Waals surface area contributed by atoms with E-state index in [0.717, 1.165) is 0 Å². The molecule has 0 saturated carbocycles. The number of carbonyl (C=O) groups excluding carboxylic acids is 1. The molecule has 0 aliphatic heterocycles. The normalized spacial score (nSPS) is 10.8. The molecule has 0 unspecified atom stereocenters. The number of aryl methyl sites for hydroxylation is 1. The first-order valence-electron chi connectivity index (χ1n) is 6.35. The Labute approximate surface area is 119 Å². The number of carbonyl (C=O) groups is 1. The van der Waals surface area contributed by atoms with Gasteiger partial charge in [0.15, 0.2) is 17.2 Å². The Balaban J connectivity index is 2.01. The van der Waals surface area contributed by atoms with Crippen LogP contribution in [0.4, 0.5) is 10.1 Å². The molecule has 1 amide bonds. The lowest BCUT2D eigenvalue weighted by Gasteiger charge is -2.05. The zero-order valence-electron chi connectivity index (χ0n) is 11.2. The van der Waals surface area contributed by atoms with Crippen molar-refractivity contribution in [1.29, 1.82) is 0 Å². The quantitative estimate of drug-likeness (QED) is 0.703. The zero-order valence-corrected chi connectivity index (χ0v) is 11.2. The molecule has 0 fully saturated rings. The second-order valence-corrected chi connectivity index (χ2v) is 4.64. The molecule has 0 aliphatic rings. The maximum atomic E-state index is 13.7. The van der Waals surface area contributed by atoms with Crippen LogP contribution in [-0.2, 0) is 0 Å². The molecule has 1 heterocycles. The largest absolute Gasteiger partial charge is 0.506 e. The summed E-state index contributed by atoms with van der Waals surface area (Å²) in [6.07, 6.45) is 0. The van der Waals surface area contributed by atoms with Gasteiger partial charge in [-0.2, -0.15) is 0 Å². The van der Waals surface area contributed by atoms with Crippen LogP contribution in [0.1, 0.15) is 16.1 Å². The van der Waals surface area contributed by atoms with Crippen molar-refractivity contribution in [2.45, 2.75) is 6.92 Å². The van der Waals surface area contributed by atoms with Crippen molar-refractivity contribution in [2.75, 3.05) is 5.32 Å². The van der Waals surface area contributed by atoms with Gasteiger partial charge in [0.1, 0.15) is 5.75 Å². The summed E-state index contributed by atoms with van der Waals surface area (Å²) < 4.78 is 19.0. The van der Waals surface area contributed by atoms with Crippen molar-refractivity contribution in [3.05, 3.63) is 59.6 Å². The first kappa shape index (κ1) is 13.2. The van der Waals surface area contributed by atoms with Crippen molar-refractivity contribution < 1.29 is 18.7 Å². The summed E-state index contributed by atoms with van der Waals surface area (Å²) in [5, 5.41) is 12.7. The molecular weight excluding hydrogens is 273 g/mol. The number of amides is 1. The van der Waals surface area contributed by atoms with Gasteiger partial charge < -0.3 is 14.8 Å². The van der Waals surface area contributed by atoms with Gasteiger partial charge in [-0.15, -0.1) is 0 Å². The predicted molar refractivity (Wildman–Crippen MR) is 77.0 cm³/mol. The molecule has 106 valence electrons. The van der Waals surface area contributed by atoms with Gasteiger partial charge in [-0.3, -0.25) is 4.79 Å². The Bertz CT molecular complexity index is 839. The Morgan fingerprint density at radius 2 is 1.95 bits per heavy atom. The average molecular weight is 285 g/mol. The molecule has 0 aliphatic carbocycles. The number of furan rings is 1. The highest BCUT2D eigenvalue weighted by Crippen LogP contribution is 2.29. The third kappa shape index (κ3) is 2.23. The number of halogens is 1. The van der Waals surface area contributed by atoms with E-state index in [1.165, 1.54) is 12.1 Å². The first-order valence-corrected chi connectivity index (χ1v) is 6.35. The van der Waals surface area contributed by atoms with Gasteiger partial charge in [-0.1, -0.05) is 24.3 Å². The van der Waals surface area contributed by atoms with Gasteiger partial charge >= 0.3 is 0 Å². The van der Waals surface area contributed by atoms with Gasteiger partial charge in [-0.05, 0) is 25.1 Å². The Hall–Kier alpha value is -2.82. The fraction of sp³-hybridized carbons (Fsp3) is 0.0625. The Kier molecular flexibility index (Phi) is 3.10. The van der Waals surface area contributed by atoms with Gasteiger partial charge in [0.2, 0.25) is 0 Å². The first-order chi connectivity index (χ1) is 10.1. The second-order valence-electron chi connectivity index (χ2n) is 4.64. The molecule has 4 nitrogen and oxygen atoms in total. The Morgan fingerprint density at radius 1 is 1.19 bits per heavy atom. The molecule has 0 radical (unpaired) electrons. The summed E-state index contributed by atoms with van der Waals surface area (Å²) in [6, 6.07) is 10.9. The highest BCUT2D eigenvalue weighted by molar-refractivity contribution is 6.07. The van der Waals surface area contributed by atoms with Gasteiger partial charge in [0.25, 0.3) is 5.91 Å². The number of nitrogens with one attached hydrogen (secondary N) is 1. The number of anilines is 1. The van der Waals surface area contributed by atoms with Crippen molar-refractivity contribution in [2.24, 2.45) is 0 Å². The molecule has 0 saturated heterocycles. The summed E-state index contributed by atoms with van der Waals surface area (Å²) in [7, 11) is 0. The second kappa shape index (κ2) is 4.94. The molecule has 3 aromatic rings. The molecule has 0 spiro atoms. The van der Waals surface area contributed by atoms with E-state index >= 15 is 0 Å². The van der Waals surface area contributed by atoms with Crippen LogP contribution in [0, 0.1) is 12.7 Å². The number of para-hydroxylation sites is 3. The van der Waals surface area contributed by atoms with E-state index in [1.54, 1.807) is 37.3 Å². The van der Waals surface area contributed by atoms with E-state index in [9.17, 15) is 14.3 Å². The van der Waals surface area contributed by atoms with Gasteiger partial charge in [0, 0.05) is 10.9 Å². The van der Waals surface area contributed by atoms with Crippen LogP contribution in [0.15, 0.2) is 46.9 Å². The van der Waals surface area contributed by atoms with Crippen LogP contribution in [0.3, 0.4) is 0 Å². The molecular formula is C16H12FNO3. The van der Waals surface area contributed by atoms with Crippen LogP contribution in [0.2, 0.25) is 0 Å². The number of fused-ring (bicyclic) bond motifs is 1. The van der Waals surface area contributed by atoms with Crippen molar-refractivity contribution >= 4 is 22.6 Å². The summed E-state index contributed by atoms with van der Waals surface area (Å²) in [5.41, 5.74) is 0.873. The van der Waals surface area contributed by atoms with Gasteiger partial charge in [0.05, 0.1) is 5.69 Å². The summed E-state index contributed by atoms with van der Waals surface area (Å²) in [6.45, 7) is 1.69. The number of phenolic OH excluding ortho intramolecular Hbond substituents is 1. The SMILES string of the molecule is Cc1c(C(=O)Nc2ccccc2O)oc2c(F)cccc12. The maximum absolute atomic E-state index is 13.7. The summed E-state index contributed by atoms with van der Waals surface area (Å²) >= 11 is 0. The lowest BCUT2D eigenvalue weighted by molar-refractivity contribution is 0.0997. The minimum atomic E-state index is -0.537. The van der Waals surface area contributed by atoms with E-state index in [2.05, 4.69) is 5.32 Å². The number of rotatable bonds is 2. The van der Waals surface area contributed by atoms with E-state index in [4.69, 9.17) is 4.42 Å². The topological polar surface area (TPSA) is 62.5 Å². The number of hydrogen-bond donors (Lipinski definition) is 2.